The van der Waals surface area contributed by atoms with Gasteiger partial charge in [0, 0.05) is 17.5 Å². The summed E-state index contributed by atoms with van der Waals surface area (Å²) in [5, 5.41) is 0. The van der Waals surface area contributed by atoms with Gasteiger partial charge in [0.05, 0.1) is 6.26 Å². The number of allylic oxidation sites excluding steroid dienone is 2. The first-order valence-corrected chi connectivity index (χ1v) is 11.9. The minimum atomic E-state index is -0.0253. The first-order valence-electron chi connectivity index (χ1n) is 11.9. The highest BCUT2D eigenvalue weighted by Gasteiger charge is 2.18. The summed E-state index contributed by atoms with van der Waals surface area (Å²) in [5.74, 6) is 3.91. The van der Waals surface area contributed by atoms with Crippen molar-refractivity contribution < 1.29 is 9.15 Å². The van der Waals surface area contributed by atoms with Crippen molar-refractivity contribution in [3.05, 3.63) is 52.1 Å². The van der Waals surface area contributed by atoms with Gasteiger partial charge in [-0.05, 0) is 56.7 Å². The number of fused-ring (bicyclic) bond motifs is 1. The molecule has 2 rings (SSSR count). The number of ether oxygens (including phenoxy) is 1. The average Bonchev–Trinajstić information content (AvgIpc) is 2.75. The Morgan fingerprint density at radius 3 is 2.35 bits per heavy atom. The molecule has 0 aromatic heterocycles. The number of terminal acetylenes is 1. The van der Waals surface area contributed by atoms with Crippen molar-refractivity contribution in [1.82, 2.24) is 0 Å². The summed E-state index contributed by atoms with van der Waals surface area (Å²) in [6.07, 6.45) is 26.3. The Balaban J connectivity index is 1.76. The van der Waals surface area contributed by atoms with E-state index < -0.39 is 0 Å². The molecule has 3 nitrogen and oxygen atoms in total. The zero-order valence-corrected chi connectivity index (χ0v) is 19.4. The van der Waals surface area contributed by atoms with Crippen LogP contribution in [-0.4, -0.2) is 6.61 Å². The topological polar surface area (TPSA) is 39.4 Å². The van der Waals surface area contributed by atoms with Crippen LogP contribution in [0.5, 0.6) is 5.75 Å². The molecule has 0 saturated carbocycles. The maximum absolute atomic E-state index is 12.0. The molecule has 31 heavy (non-hydrogen) atoms. The van der Waals surface area contributed by atoms with Gasteiger partial charge in [-0.15, -0.1) is 6.42 Å². The van der Waals surface area contributed by atoms with E-state index in [0.717, 1.165) is 41.7 Å². The number of aryl methyl sites for hydroxylation is 2. The minimum Gasteiger partial charge on any atom is -0.477 e. The maximum Gasteiger partial charge on any atom is 0.179 e. The van der Waals surface area contributed by atoms with E-state index in [0.29, 0.717) is 5.75 Å². The third-order valence-corrected chi connectivity index (χ3v) is 5.64. The molecule has 0 unspecified atom stereocenters. The van der Waals surface area contributed by atoms with Gasteiger partial charge in [-0.25, -0.2) is 0 Å². The molecule has 0 fully saturated rings. The molecule has 1 aliphatic heterocycles. The first-order chi connectivity index (χ1) is 15.2. The highest BCUT2D eigenvalue weighted by atomic mass is 16.5. The predicted octanol–water partition coefficient (Wildman–Crippen LogP) is 7.47. The van der Waals surface area contributed by atoms with E-state index in [2.05, 4.69) is 25.0 Å². The van der Waals surface area contributed by atoms with E-state index in [1.807, 2.05) is 6.92 Å². The van der Waals surface area contributed by atoms with E-state index in [9.17, 15) is 4.79 Å². The number of rotatable bonds is 15. The van der Waals surface area contributed by atoms with Gasteiger partial charge in [-0.2, -0.15) is 0 Å². The first kappa shape index (κ1) is 24.8. The fraction of sp³-hybridized carbons (Fsp3) is 0.536. The van der Waals surface area contributed by atoms with Crippen LogP contribution < -0.4 is 10.2 Å². The van der Waals surface area contributed by atoms with Crippen molar-refractivity contribution >= 4 is 0 Å². The molecule has 3 heteroatoms. The summed E-state index contributed by atoms with van der Waals surface area (Å²) in [6.45, 7) is 4.32. The lowest BCUT2D eigenvalue weighted by Gasteiger charge is -2.16. The Morgan fingerprint density at radius 2 is 1.65 bits per heavy atom. The van der Waals surface area contributed by atoms with Crippen LogP contribution in [0.3, 0.4) is 0 Å². The fourth-order valence-corrected chi connectivity index (χ4v) is 3.89. The molecule has 0 aromatic rings. The molecular weight excluding hydrogens is 384 g/mol. The van der Waals surface area contributed by atoms with Crippen LogP contribution in [0.1, 0.15) is 88.9 Å². The van der Waals surface area contributed by atoms with E-state index in [1.165, 1.54) is 57.8 Å². The van der Waals surface area contributed by atoms with Crippen molar-refractivity contribution in [2.45, 2.75) is 90.9 Å². The Kier molecular flexibility index (Phi) is 11.6. The summed E-state index contributed by atoms with van der Waals surface area (Å²) >= 11 is 0. The van der Waals surface area contributed by atoms with Gasteiger partial charge in [0.15, 0.2) is 11.2 Å². The quantitative estimate of drug-likeness (QED) is 0.170. The van der Waals surface area contributed by atoms with Crippen LogP contribution in [0.15, 0.2) is 39.8 Å². The molecule has 0 radical (unpaired) electrons. The summed E-state index contributed by atoms with van der Waals surface area (Å²) in [6, 6.07) is 3.23. The Hall–Kier alpha value is -2.47. The van der Waals surface area contributed by atoms with Gasteiger partial charge < -0.3 is 9.15 Å². The van der Waals surface area contributed by atoms with Crippen LogP contribution in [0.25, 0.3) is 11.1 Å². The number of hydrogen-bond acceptors (Lipinski definition) is 3. The third kappa shape index (κ3) is 8.66. The molecule has 0 spiro atoms. The predicted molar refractivity (Wildman–Crippen MR) is 130 cm³/mol. The highest BCUT2D eigenvalue weighted by Crippen LogP contribution is 2.37. The summed E-state index contributed by atoms with van der Waals surface area (Å²) in [5.41, 5.74) is 2.55. The molecule has 1 aliphatic carbocycles. The van der Waals surface area contributed by atoms with E-state index in [1.54, 1.807) is 18.4 Å². The molecule has 1 heterocycles. The van der Waals surface area contributed by atoms with Crippen LogP contribution in [0, 0.1) is 19.3 Å². The molecule has 2 aliphatic rings. The van der Waals surface area contributed by atoms with Gasteiger partial charge in [0.2, 0.25) is 0 Å². The summed E-state index contributed by atoms with van der Waals surface area (Å²) in [7, 11) is 0. The lowest BCUT2D eigenvalue weighted by Crippen LogP contribution is -2.06. The zero-order valence-electron chi connectivity index (χ0n) is 19.4. The van der Waals surface area contributed by atoms with Gasteiger partial charge in [-0.1, -0.05) is 63.5 Å². The standard InChI is InChI=1S/C28H38O3/c1-4-6-7-8-9-10-11-12-13-14-15-16-17-18-27-28(30-19-5-2)25-21-24(29)20-23(3)26(25)22-31-27/h2,10-11,20-22H,4,6-9,12-19H2,1,3H3/b11-10-. The fourth-order valence-electron chi connectivity index (χ4n) is 3.89. The summed E-state index contributed by atoms with van der Waals surface area (Å²) < 4.78 is 11.7. The van der Waals surface area contributed by atoms with Gasteiger partial charge >= 0.3 is 0 Å². The molecule has 168 valence electrons. The smallest absolute Gasteiger partial charge is 0.179 e. The Morgan fingerprint density at radius 1 is 0.968 bits per heavy atom. The monoisotopic (exact) mass is 422 g/mol. The van der Waals surface area contributed by atoms with E-state index >= 15 is 0 Å². The molecule has 0 bridgehead atoms. The van der Waals surface area contributed by atoms with E-state index in [4.69, 9.17) is 15.6 Å². The van der Waals surface area contributed by atoms with Crippen molar-refractivity contribution in [3.63, 3.8) is 0 Å². The van der Waals surface area contributed by atoms with Crippen molar-refractivity contribution in [2.24, 2.45) is 0 Å². The summed E-state index contributed by atoms with van der Waals surface area (Å²) in [4.78, 5) is 12.0. The minimum absolute atomic E-state index is 0.0253. The molecule has 0 saturated heterocycles. The third-order valence-electron chi connectivity index (χ3n) is 5.64. The molecule has 0 amide bonds. The van der Waals surface area contributed by atoms with Gasteiger partial charge in [-0.3, -0.25) is 4.79 Å². The van der Waals surface area contributed by atoms with Crippen LogP contribution in [0.2, 0.25) is 0 Å². The van der Waals surface area contributed by atoms with E-state index in [-0.39, 0.29) is 12.0 Å². The lowest BCUT2D eigenvalue weighted by molar-refractivity contribution is 0.339. The highest BCUT2D eigenvalue weighted by molar-refractivity contribution is 5.74. The molecule has 0 N–H and O–H groups in total. The van der Waals surface area contributed by atoms with Crippen LogP contribution in [0.4, 0.5) is 0 Å². The van der Waals surface area contributed by atoms with Crippen LogP contribution in [-0.2, 0) is 6.42 Å². The number of hydrogen-bond donors (Lipinski definition) is 0. The van der Waals surface area contributed by atoms with Gasteiger partial charge in [0.25, 0.3) is 0 Å². The van der Waals surface area contributed by atoms with Crippen molar-refractivity contribution in [1.29, 1.82) is 0 Å². The second-order valence-electron chi connectivity index (χ2n) is 8.31. The van der Waals surface area contributed by atoms with Gasteiger partial charge in [0.1, 0.15) is 12.4 Å². The van der Waals surface area contributed by atoms with Crippen molar-refractivity contribution in [3.8, 4) is 29.2 Å². The largest absolute Gasteiger partial charge is 0.477 e. The SMILES string of the molecule is C#CCOc1c2cc(=O)cc(C)c-2coc1CCCCCCC/C=C\CCCCCC. The number of benzene rings is 1. The second kappa shape index (κ2) is 14.5. The zero-order chi connectivity index (χ0) is 22.3. The second-order valence-corrected chi connectivity index (χ2v) is 8.31. The Labute approximate surface area is 188 Å². The van der Waals surface area contributed by atoms with Crippen LogP contribution >= 0.6 is 0 Å². The Bertz CT molecular complexity index is 869. The molecule has 0 atom stereocenters. The normalized spacial score (nSPS) is 11.3. The maximum atomic E-state index is 12.0. The molecular formula is C28H38O3. The lowest BCUT2D eigenvalue weighted by atomic mass is 9.98. The molecule has 0 aromatic carbocycles. The average molecular weight is 423 g/mol. The van der Waals surface area contributed by atoms with Crippen molar-refractivity contribution in [2.75, 3.05) is 6.61 Å². The number of unbranched alkanes of at least 4 members (excludes halogenated alkanes) is 9.